The third kappa shape index (κ3) is 67.3. The first-order valence-electron chi connectivity index (χ1n) is 39.2. The summed E-state index contributed by atoms with van der Waals surface area (Å²) in [6.07, 6.45) is 57.1. The van der Waals surface area contributed by atoms with Crippen molar-refractivity contribution in [1.29, 1.82) is 0 Å². The van der Waals surface area contributed by atoms with Gasteiger partial charge in [0, 0.05) is 25.7 Å². The molecule has 0 aliphatic rings. The van der Waals surface area contributed by atoms with Crippen LogP contribution in [0.2, 0.25) is 0 Å². The molecule has 3 N–H and O–H groups in total. The molecule has 558 valence electrons. The molecule has 0 aromatic rings. The van der Waals surface area contributed by atoms with Gasteiger partial charge in [-0.2, -0.15) is 0 Å². The van der Waals surface area contributed by atoms with E-state index in [0.29, 0.717) is 25.7 Å². The van der Waals surface area contributed by atoms with Crippen LogP contribution >= 0.6 is 15.6 Å². The highest BCUT2D eigenvalue weighted by molar-refractivity contribution is 7.47. The Kier molecular flexibility index (Phi) is 66.8. The largest absolute Gasteiger partial charge is 0.472 e. The lowest BCUT2D eigenvalue weighted by Crippen LogP contribution is -2.30. The zero-order valence-corrected chi connectivity index (χ0v) is 62.9. The minimum Gasteiger partial charge on any atom is -0.462 e. The Morgan fingerprint density at radius 3 is 0.755 bits per heavy atom. The van der Waals surface area contributed by atoms with Crippen molar-refractivity contribution in [1.82, 2.24) is 0 Å². The van der Waals surface area contributed by atoms with Gasteiger partial charge in [-0.25, -0.2) is 9.13 Å². The molecule has 0 amide bonds. The van der Waals surface area contributed by atoms with E-state index >= 15 is 0 Å². The SMILES string of the molecule is CCCCCCCCCCCCCCCCCCCCCCCCC(=O)O[C@H](COC(=O)CCCCCCCCCCCCCCC)COP(=O)(O)OC[C@@H](O)COP(=O)(O)OC[C@@H](COC(=O)CCCCCCCCC)OC(=O)CCCCCCCCCCC(C)CC. The summed E-state index contributed by atoms with van der Waals surface area (Å²) < 4.78 is 68.3. The second-order valence-corrected chi connectivity index (χ2v) is 30.2. The minimum atomic E-state index is -4.95. The van der Waals surface area contributed by atoms with Gasteiger partial charge < -0.3 is 33.8 Å². The molecule has 0 saturated heterocycles. The zero-order valence-electron chi connectivity index (χ0n) is 61.1. The molecule has 0 heterocycles. The van der Waals surface area contributed by atoms with E-state index in [1.165, 1.54) is 205 Å². The summed E-state index contributed by atoms with van der Waals surface area (Å²) in [7, 11) is -9.90. The maximum absolute atomic E-state index is 13.1. The smallest absolute Gasteiger partial charge is 0.462 e. The number of aliphatic hydroxyl groups excluding tert-OH is 1. The number of aliphatic hydroxyl groups is 1. The van der Waals surface area contributed by atoms with E-state index in [0.717, 1.165) is 109 Å². The van der Waals surface area contributed by atoms with E-state index in [1.807, 2.05) is 0 Å². The van der Waals surface area contributed by atoms with E-state index in [-0.39, 0.29) is 25.7 Å². The first-order valence-corrected chi connectivity index (χ1v) is 42.2. The number of hydrogen-bond donors (Lipinski definition) is 3. The van der Waals surface area contributed by atoms with Gasteiger partial charge in [-0.05, 0) is 31.6 Å². The second-order valence-electron chi connectivity index (χ2n) is 27.3. The summed E-state index contributed by atoms with van der Waals surface area (Å²) >= 11 is 0. The summed E-state index contributed by atoms with van der Waals surface area (Å²) in [5.41, 5.74) is 0. The molecular weight excluding hydrogens is 1230 g/mol. The number of carbonyl (C=O) groups excluding carboxylic acids is 4. The number of esters is 4. The summed E-state index contributed by atoms with van der Waals surface area (Å²) in [6, 6.07) is 0. The molecule has 0 rings (SSSR count). The summed E-state index contributed by atoms with van der Waals surface area (Å²) in [5.74, 6) is -1.35. The fraction of sp³-hybridized carbons (Fsp3) is 0.947. The molecule has 19 heteroatoms. The van der Waals surface area contributed by atoms with Crippen LogP contribution in [0.15, 0.2) is 0 Å². The lowest BCUT2D eigenvalue weighted by molar-refractivity contribution is -0.161. The van der Waals surface area contributed by atoms with Crippen molar-refractivity contribution in [2.75, 3.05) is 39.6 Å². The normalized spacial score (nSPS) is 14.3. The number of rotatable bonds is 75. The van der Waals surface area contributed by atoms with Crippen molar-refractivity contribution in [3.05, 3.63) is 0 Å². The van der Waals surface area contributed by atoms with E-state index in [2.05, 4.69) is 34.6 Å². The Bertz CT molecular complexity index is 1810. The van der Waals surface area contributed by atoms with E-state index in [4.69, 9.17) is 37.0 Å². The van der Waals surface area contributed by atoms with Crippen LogP contribution in [0.5, 0.6) is 0 Å². The maximum Gasteiger partial charge on any atom is 0.472 e. The Hall–Kier alpha value is -1.94. The highest BCUT2D eigenvalue weighted by Crippen LogP contribution is 2.45. The average molecular weight is 1380 g/mol. The van der Waals surface area contributed by atoms with Crippen LogP contribution in [0.25, 0.3) is 0 Å². The Morgan fingerprint density at radius 1 is 0.298 bits per heavy atom. The molecular formula is C75H146O17P2. The van der Waals surface area contributed by atoms with Crippen molar-refractivity contribution in [3.8, 4) is 0 Å². The fourth-order valence-corrected chi connectivity index (χ4v) is 13.1. The third-order valence-electron chi connectivity index (χ3n) is 17.9. The molecule has 0 radical (unpaired) electrons. The third-order valence-corrected chi connectivity index (χ3v) is 19.8. The molecule has 0 aliphatic carbocycles. The number of ether oxygens (including phenoxy) is 4. The molecule has 0 bridgehead atoms. The zero-order chi connectivity index (χ0) is 69.1. The Balaban J connectivity index is 5.14. The topological polar surface area (TPSA) is 237 Å². The van der Waals surface area contributed by atoms with Crippen LogP contribution in [-0.4, -0.2) is 96.7 Å². The number of phosphoric ester groups is 2. The van der Waals surface area contributed by atoms with Gasteiger partial charge in [-0.15, -0.1) is 0 Å². The first kappa shape index (κ1) is 92.1. The highest BCUT2D eigenvalue weighted by atomic mass is 31.2. The molecule has 0 aromatic carbocycles. The molecule has 0 aliphatic heterocycles. The molecule has 0 saturated carbocycles. The Morgan fingerprint density at radius 2 is 0.511 bits per heavy atom. The molecule has 17 nitrogen and oxygen atoms in total. The molecule has 94 heavy (non-hydrogen) atoms. The lowest BCUT2D eigenvalue weighted by Gasteiger charge is -2.21. The number of unbranched alkanes of at least 4 members (excludes halogenated alkanes) is 46. The predicted molar refractivity (Wildman–Crippen MR) is 382 cm³/mol. The number of hydrogen-bond acceptors (Lipinski definition) is 15. The van der Waals surface area contributed by atoms with Crippen molar-refractivity contribution >= 4 is 39.5 Å². The quantitative estimate of drug-likeness (QED) is 0.0222. The summed E-state index contributed by atoms with van der Waals surface area (Å²) in [6.45, 7) is 7.23. The molecule has 0 fully saturated rings. The molecule has 0 aromatic heterocycles. The van der Waals surface area contributed by atoms with Crippen molar-refractivity contribution in [3.63, 3.8) is 0 Å². The molecule has 6 atom stereocenters. The molecule has 0 spiro atoms. The van der Waals surface area contributed by atoms with Gasteiger partial charge in [-0.3, -0.25) is 37.3 Å². The maximum atomic E-state index is 13.1. The van der Waals surface area contributed by atoms with Gasteiger partial charge in [0.25, 0.3) is 0 Å². The van der Waals surface area contributed by atoms with Gasteiger partial charge in [0.1, 0.15) is 19.3 Å². The summed E-state index contributed by atoms with van der Waals surface area (Å²) in [5, 5.41) is 10.6. The highest BCUT2D eigenvalue weighted by Gasteiger charge is 2.30. The fourth-order valence-electron chi connectivity index (χ4n) is 11.5. The second kappa shape index (κ2) is 68.2. The first-order chi connectivity index (χ1) is 45.6. The molecule has 3 unspecified atom stereocenters. The lowest BCUT2D eigenvalue weighted by atomic mass is 9.99. The monoisotopic (exact) mass is 1380 g/mol. The summed E-state index contributed by atoms with van der Waals surface area (Å²) in [4.78, 5) is 72.6. The van der Waals surface area contributed by atoms with Crippen LogP contribution in [0, 0.1) is 5.92 Å². The van der Waals surface area contributed by atoms with Crippen LogP contribution in [0.4, 0.5) is 0 Å². The van der Waals surface area contributed by atoms with Crippen LogP contribution in [0.3, 0.4) is 0 Å². The van der Waals surface area contributed by atoms with E-state index in [1.54, 1.807) is 0 Å². The Labute approximate surface area is 575 Å². The van der Waals surface area contributed by atoms with Gasteiger partial charge in [0.2, 0.25) is 0 Å². The minimum absolute atomic E-state index is 0.105. The van der Waals surface area contributed by atoms with Gasteiger partial charge >= 0.3 is 39.5 Å². The standard InChI is InChI=1S/C75H146O17P2/c1-6-10-13-16-19-21-23-25-26-27-28-29-30-31-32-33-35-37-39-45-50-55-60-74(79)91-71(65-86-73(78)59-54-49-44-38-36-34-24-22-20-17-14-11-7-2)67-90-94(83,84)88-63-69(76)62-87-93(81,82)89-66-70(64-85-72(77)58-53-48-42-18-15-12-8-3)92-75(80)61-56-51-46-41-40-43-47-52-57-68(5)9-4/h68-71,76H,6-67H2,1-5H3,(H,81,82)(H,83,84)/t68?,69-,70+,71+/m0/s1. The van der Waals surface area contributed by atoms with Crippen LogP contribution < -0.4 is 0 Å². The van der Waals surface area contributed by atoms with Gasteiger partial charge in [0.05, 0.1) is 26.4 Å². The number of carbonyl (C=O) groups is 4. The van der Waals surface area contributed by atoms with Crippen molar-refractivity contribution < 1.29 is 80.2 Å². The van der Waals surface area contributed by atoms with Crippen molar-refractivity contribution in [2.24, 2.45) is 5.92 Å². The van der Waals surface area contributed by atoms with Crippen LogP contribution in [-0.2, 0) is 65.4 Å². The van der Waals surface area contributed by atoms with Gasteiger partial charge in [-0.1, -0.05) is 343 Å². The van der Waals surface area contributed by atoms with E-state index in [9.17, 15) is 43.2 Å². The van der Waals surface area contributed by atoms with Gasteiger partial charge in [0.15, 0.2) is 12.2 Å². The van der Waals surface area contributed by atoms with Crippen LogP contribution in [0.1, 0.15) is 394 Å². The predicted octanol–water partition coefficient (Wildman–Crippen LogP) is 22.1. The van der Waals surface area contributed by atoms with E-state index < -0.39 is 97.5 Å². The van der Waals surface area contributed by atoms with Crippen molar-refractivity contribution in [2.45, 2.75) is 412 Å². The average Bonchev–Trinajstić information content (AvgIpc) is 1.80. The number of phosphoric acid groups is 2.